The standard InChI is InChI=1S/C2HBF6/c4-1(5,6)3-2(7,8)9/h3H. The van der Waals surface area contributed by atoms with Gasteiger partial charge in [-0.15, -0.1) is 0 Å². The van der Waals surface area contributed by atoms with E-state index in [9.17, 15) is 26.3 Å². The van der Waals surface area contributed by atoms with Crippen LogP contribution >= 0.6 is 0 Å². The van der Waals surface area contributed by atoms with Crippen molar-refractivity contribution in [1.82, 2.24) is 0 Å². The maximum absolute atomic E-state index is 10.8. The Hall–Kier alpha value is -0.355. The van der Waals surface area contributed by atoms with Crippen molar-refractivity contribution < 1.29 is 26.3 Å². The monoisotopic (exact) mass is 150 g/mol. The van der Waals surface area contributed by atoms with Gasteiger partial charge in [-0.2, -0.15) is 26.3 Å². The first-order valence-corrected chi connectivity index (χ1v) is 1.84. The Kier molecular flexibility index (Phi) is 2.03. The number of hydrogen-bond acceptors (Lipinski definition) is 0. The zero-order valence-corrected chi connectivity index (χ0v) is 3.97. The summed E-state index contributed by atoms with van der Waals surface area (Å²) in [5.74, 6) is 0. The average Bonchev–Trinajstić information content (AvgIpc) is 1.14. The fourth-order valence-electron chi connectivity index (χ4n) is 0.227. The third kappa shape index (κ3) is 7.64. The van der Waals surface area contributed by atoms with Gasteiger partial charge in [0.15, 0.2) is 0 Å². The molecule has 9 heavy (non-hydrogen) atoms. The smallest absolute Gasteiger partial charge is 0.182 e. The van der Waals surface area contributed by atoms with Crippen LogP contribution in [0.25, 0.3) is 0 Å². The van der Waals surface area contributed by atoms with E-state index in [-0.39, 0.29) is 0 Å². The highest BCUT2D eigenvalue weighted by atomic mass is 19.4. The molecule has 0 N–H and O–H groups in total. The second kappa shape index (κ2) is 2.11. The summed E-state index contributed by atoms with van der Waals surface area (Å²) in [5.41, 5.74) is 0. The molecule has 0 aliphatic rings. The molecule has 0 atom stereocenters. The summed E-state index contributed by atoms with van der Waals surface area (Å²) in [6, 6.07) is 0. The van der Waals surface area contributed by atoms with Crippen molar-refractivity contribution in [2.24, 2.45) is 0 Å². The molecule has 0 aromatic carbocycles. The van der Waals surface area contributed by atoms with E-state index in [1.807, 2.05) is 0 Å². The van der Waals surface area contributed by atoms with Gasteiger partial charge < -0.3 is 0 Å². The first-order chi connectivity index (χ1) is 3.71. The summed E-state index contributed by atoms with van der Waals surface area (Å²) >= 11 is 0. The molecule has 54 valence electrons. The van der Waals surface area contributed by atoms with Crippen LogP contribution in [0, 0.1) is 0 Å². The van der Waals surface area contributed by atoms with Crippen molar-refractivity contribution in [2.75, 3.05) is 0 Å². The van der Waals surface area contributed by atoms with Gasteiger partial charge in [0.05, 0.1) is 0 Å². The third-order valence-corrected chi connectivity index (χ3v) is 0.401. The Morgan fingerprint density at radius 2 is 0.889 bits per heavy atom. The molecule has 0 aromatic heterocycles. The molecule has 0 nitrogen and oxygen atoms in total. The molecule has 0 rings (SSSR count). The number of rotatable bonds is 0. The van der Waals surface area contributed by atoms with Crippen molar-refractivity contribution in [3.05, 3.63) is 0 Å². The highest BCUT2D eigenvalue weighted by molar-refractivity contribution is 6.40. The average molecular weight is 150 g/mol. The summed E-state index contributed by atoms with van der Waals surface area (Å²) < 4.78 is 65.0. The van der Waals surface area contributed by atoms with Gasteiger partial charge in [0.1, 0.15) is 0 Å². The molecule has 0 fully saturated rings. The minimum atomic E-state index is -5.14. The first-order valence-electron chi connectivity index (χ1n) is 1.84. The van der Waals surface area contributed by atoms with Crippen molar-refractivity contribution in [1.29, 1.82) is 0 Å². The minimum absolute atomic E-state index is 2.71. The Bertz CT molecular complexity index is 76.2. The molecule has 0 aliphatic carbocycles. The van der Waals surface area contributed by atoms with E-state index in [0.717, 1.165) is 0 Å². The lowest BCUT2D eigenvalue weighted by Gasteiger charge is -2.06. The van der Waals surface area contributed by atoms with Crippen LogP contribution in [0.4, 0.5) is 26.3 Å². The van der Waals surface area contributed by atoms with E-state index in [1.54, 1.807) is 0 Å². The van der Waals surface area contributed by atoms with Crippen LogP contribution < -0.4 is 0 Å². The van der Waals surface area contributed by atoms with Crippen molar-refractivity contribution in [3.8, 4) is 0 Å². The Balaban J connectivity index is 3.75. The molecule has 0 spiro atoms. The van der Waals surface area contributed by atoms with Gasteiger partial charge in [-0.05, 0) is 0 Å². The molecule has 0 unspecified atom stereocenters. The van der Waals surface area contributed by atoms with E-state index in [2.05, 4.69) is 0 Å². The molecule has 0 aromatic rings. The quantitative estimate of drug-likeness (QED) is 0.362. The van der Waals surface area contributed by atoms with E-state index in [1.165, 1.54) is 0 Å². The minimum Gasteiger partial charge on any atom is -0.182 e. The second-order valence-electron chi connectivity index (χ2n) is 1.41. The van der Waals surface area contributed by atoms with Gasteiger partial charge in [0, 0.05) is 0 Å². The van der Waals surface area contributed by atoms with E-state index >= 15 is 0 Å². The summed E-state index contributed by atoms with van der Waals surface area (Å²) in [6.07, 6.45) is -10.3. The molecular formula is C2HBF6. The molecule has 0 radical (unpaired) electrons. The topological polar surface area (TPSA) is 0 Å². The summed E-state index contributed by atoms with van der Waals surface area (Å²) in [4.78, 5) is 0. The molecule has 0 aliphatic heterocycles. The molecule has 0 heterocycles. The fourth-order valence-corrected chi connectivity index (χ4v) is 0.227. The van der Waals surface area contributed by atoms with Crippen LogP contribution in [0.15, 0.2) is 0 Å². The van der Waals surface area contributed by atoms with Gasteiger partial charge in [-0.25, -0.2) is 0 Å². The van der Waals surface area contributed by atoms with E-state index < -0.39 is 19.4 Å². The molecule has 0 amide bonds. The SMILES string of the molecule is FC(F)(F)BC(F)(F)F. The lowest BCUT2D eigenvalue weighted by Crippen LogP contribution is -2.32. The lowest BCUT2D eigenvalue weighted by molar-refractivity contribution is -0.0955. The van der Waals surface area contributed by atoms with E-state index in [0.29, 0.717) is 0 Å². The summed E-state index contributed by atoms with van der Waals surface area (Å²) in [5, 5.41) is 0. The highest BCUT2D eigenvalue weighted by Gasteiger charge is 2.46. The van der Waals surface area contributed by atoms with Crippen molar-refractivity contribution in [3.63, 3.8) is 0 Å². The van der Waals surface area contributed by atoms with Crippen LogP contribution in [0.2, 0.25) is 0 Å². The zero-order valence-electron chi connectivity index (χ0n) is 3.97. The molecule has 0 bridgehead atoms. The molecule has 0 saturated carbocycles. The first kappa shape index (κ1) is 8.64. The fraction of sp³-hybridized carbons (Fsp3) is 1.00. The molecular weight excluding hydrogens is 149 g/mol. The summed E-state index contributed by atoms with van der Waals surface area (Å²) in [7, 11) is -2.71. The number of alkyl halides is 6. The number of halogens is 6. The van der Waals surface area contributed by atoms with Crippen LogP contribution in [-0.2, 0) is 0 Å². The largest absolute Gasteiger partial charge is 0.383 e. The predicted molar refractivity (Wildman–Crippen MR) is 19.3 cm³/mol. The van der Waals surface area contributed by atoms with Crippen LogP contribution in [-0.4, -0.2) is 19.4 Å². The van der Waals surface area contributed by atoms with Gasteiger partial charge >= 0.3 is 19.4 Å². The van der Waals surface area contributed by atoms with Gasteiger partial charge in [-0.3, -0.25) is 0 Å². The Labute approximate surface area is 47.1 Å². The van der Waals surface area contributed by atoms with Crippen LogP contribution in [0.5, 0.6) is 0 Å². The maximum Gasteiger partial charge on any atom is 0.383 e. The second-order valence-corrected chi connectivity index (χ2v) is 1.41. The van der Waals surface area contributed by atoms with Crippen molar-refractivity contribution in [2.45, 2.75) is 12.2 Å². The van der Waals surface area contributed by atoms with Gasteiger partial charge in [0.25, 0.3) is 0 Å². The predicted octanol–water partition coefficient (Wildman–Crippen LogP) is 1.46. The highest BCUT2D eigenvalue weighted by Crippen LogP contribution is 2.23. The van der Waals surface area contributed by atoms with Gasteiger partial charge in [-0.1, -0.05) is 0 Å². The lowest BCUT2D eigenvalue weighted by atomic mass is 9.77. The zero-order chi connectivity index (χ0) is 7.71. The van der Waals surface area contributed by atoms with E-state index in [4.69, 9.17) is 0 Å². The Morgan fingerprint density at radius 3 is 0.889 bits per heavy atom. The van der Waals surface area contributed by atoms with Gasteiger partial charge in [0.2, 0.25) is 0 Å². The Morgan fingerprint density at radius 1 is 0.667 bits per heavy atom. The van der Waals surface area contributed by atoms with Crippen LogP contribution in [0.1, 0.15) is 0 Å². The molecule has 0 saturated heterocycles. The third-order valence-electron chi connectivity index (χ3n) is 0.401. The van der Waals surface area contributed by atoms with Crippen LogP contribution in [0.3, 0.4) is 0 Å². The molecule has 7 heteroatoms. The van der Waals surface area contributed by atoms with Crippen molar-refractivity contribution >= 4 is 7.28 Å². The summed E-state index contributed by atoms with van der Waals surface area (Å²) in [6.45, 7) is 0. The normalized spacial score (nSPS) is 13.6. The maximum atomic E-state index is 10.8. The number of hydrogen-bond donors (Lipinski definition) is 0.